The number of aliphatic carboxylic acids is 2. The molecule has 0 aliphatic rings. The largest absolute Gasteiger partial charge is 0.481 e. The maximum atomic E-state index is 10.8. The molecule has 9 heteroatoms. The Balaban J connectivity index is 2.44. The number of benzene rings is 1. The summed E-state index contributed by atoms with van der Waals surface area (Å²) in [6.07, 6.45) is 1.30. The number of thioether (sulfide) groups is 2. The van der Waals surface area contributed by atoms with Gasteiger partial charge in [0.1, 0.15) is 16.4 Å². The van der Waals surface area contributed by atoms with Crippen molar-refractivity contribution in [2.45, 2.75) is 10.1 Å². The summed E-state index contributed by atoms with van der Waals surface area (Å²) in [5.74, 6) is -2.23. The molecule has 0 unspecified atom stereocenters. The molecule has 1 aromatic carbocycles. The first-order valence-electron chi connectivity index (χ1n) is 6.27. The molecule has 120 valence electrons. The third kappa shape index (κ3) is 5.12. The molecule has 0 aliphatic carbocycles. The van der Waals surface area contributed by atoms with Gasteiger partial charge in [-0.2, -0.15) is 0 Å². The van der Waals surface area contributed by atoms with Gasteiger partial charge in [-0.15, -0.1) is 0 Å². The molecule has 0 radical (unpaired) electrons. The van der Waals surface area contributed by atoms with Gasteiger partial charge in [0.05, 0.1) is 11.5 Å². The summed E-state index contributed by atoms with van der Waals surface area (Å²) in [6, 6.07) is 6.91. The van der Waals surface area contributed by atoms with Crippen LogP contribution in [0.1, 0.15) is 0 Å². The average Bonchev–Trinajstić information content (AvgIpc) is 2.51. The molecule has 2 N–H and O–H groups in total. The second kappa shape index (κ2) is 8.19. The third-order valence-corrected chi connectivity index (χ3v) is 4.78. The van der Waals surface area contributed by atoms with Crippen molar-refractivity contribution in [1.29, 1.82) is 0 Å². The van der Waals surface area contributed by atoms with Gasteiger partial charge in [0.15, 0.2) is 0 Å². The molecule has 0 saturated carbocycles. The lowest BCUT2D eigenvalue weighted by Crippen LogP contribution is -2.02. The Labute approximate surface area is 145 Å². The lowest BCUT2D eigenvalue weighted by Gasteiger charge is -2.11. The Morgan fingerprint density at radius 3 is 1.87 bits per heavy atom. The molecule has 0 amide bonds. The molecule has 0 bridgehead atoms. The van der Waals surface area contributed by atoms with Crippen molar-refractivity contribution < 1.29 is 19.8 Å². The van der Waals surface area contributed by atoms with Gasteiger partial charge < -0.3 is 10.2 Å². The molecule has 2 rings (SSSR count). The van der Waals surface area contributed by atoms with Crippen LogP contribution in [-0.4, -0.2) is 43.6 Å². The molecule has 0 aliphatic heterocycles. The summed E-state index contributed by atoms with van der Waals surface area (Å²) in [6.45, 7) is 0. The number of rotatable bonds is 7. The van der Waals surface area contributed by atoms with E-state index in [1.54, 1.807) is 24.3 Å². The van der Waals surface area contributed by atoms with Gasteiger partial charge in [-0.25, -0.2) is 9.97 Å². The number of nitrogens with zero attached hydrogens (tertiary/aromatic N) is 2. The second-order valence-corrected chi connectivity index (χ2v) is 6.60. The molecular weight excluding hydrogens is 360 g/mol. The molecule has 0 atom stereocenters. The van der Waals surface area contributed by atoms with Gasteiger partial charge in [0.25, 0.3) is 0 Å². The normalized spacial score (nSPS) is 10.5. The van der Waals surface area contributed by atoms with Crippen LogP contribution < -0.4 is 0 Å². The minimum Gasteiger partial charge on any atom is -0.481 e. The molecule has 0 saturated heterocycles. The van der Waals surface area contributed by atoms with E-state index >= 15 is 0 Å². The van der Waals surface area contributed by atoms with Crippen LogP contribution in [0.5, 0.6) is 0 Å². The Kier molecular flexibility index (Phi) is 6.26. The number of halogens is 1. The monoisotopic (exact) mass is 370 g/mol. The van der Waals surface area contributed by atoms with Gasteiger partial charge in [-0.3, -0.25) is 9.59 Å². The molecule has 0 spiro atoms. The lowest BCUT2D eigenvalue weighted by molar-refractivity contribution is -0.134. The fraction of sp³-hybridized carbons (Fsp3) is 0.143. The van der Waals surface area contributed by atoms with Gasteiger partial charge >= 0.3 is 11.9 Å². The van der Waals surface area contributed by atoms with Crippen LogP contribution >= 0.6 is 35.1 Å². The highest BCUT2D eigenvalue weighted by Gasteiger charge is 2.16. The zero-order valence-electron chi connectivity index (χ0n) is 11.6. The number of carboxylic acids is 2. The zero-order valence-corrected chi connectivity index (χ0v) is 14.0. The summed E-state index contributed by atoms with van der Waals surface area (Å²) >= 11 is 8.00. The van der Waals surface area contributed by atoms with E-state index in [2.05, 4.69) is 9.97 Å². The van der Waals surface area contributed by atoms with Crippen molar-refractivity contribution >= 4 is 47.1 Å². The SMILES string of the molecule is O=C(O)CSc1ncnc(SCC(=O)O)c1-c1ccc(Cl)cc1. The highest BCUT2D eigenvalue weighted by Crippen LogP contribution is 2.36. The lowest BCUT2D eigenvalue weighted by atomic mass is 10.1. The molecule has 1 aromatic heterocycles. The van der Waals surface area contributed by atoms with Crippen molar-refractivity contribution in [1.82, 2.24) is 9.97 Å². The van der Waals surface area contributed by atoms with Crippen molar-refractivity contribution in [3.8, 4) is 11.1 Å². The number of carboxylic acid groups (broad SMARTS) is 2. The minimum atomic E-state index is -0.963. The van der Waals surface area contributed by atoms with Gasteiger partial charge in [-0.05, 0) is 17.7 Å². The molecule has 0 fully saturated rings. The minimum absolute atomic E-state index is 0.152. The van der Waals surface area contributed by atoms with Crippen LogP contribution in [0.4, 0.5) is 0 Å². The number of hydrogen-bond donors (Lipinski definition) is 2. The molecule has 23 heavy (non-hydrogen) atoms. The maximum Gasteiger partial charge on any atom is 0.313 e. The fourth-order valence-corrected chi connectivity index (χ4v) is 3.37. The Morgan fingerprint density at radius 1 is 0.957 bits per heavy atom. The standard InChI is InChI=1S/C14H11ClN2O4S2/c15-9-3-1-8(2-4-9)12-13(22-5-10(18)19)16-7-17-14(12)23-6-11(20)21/h1-4,7H,5-6H2,(H,18,19)(H,20,21). The van der Waals surface area contributed by atoms with E-state index in [-0.39, 0.29) is 11.5 Å². The number of carbonyl (C=O) groups is 2. The maximum absolute atomic E-state index is 10.8. The number of hydrogen-bond acceptors (Lipinski definition) is 6. The van der Waals surface area contributed by atoms with E-state index in [4.69, 9.17) is 21.8 Å². The average molecular weight is 371 g/mol. The first kappa shape index (κ1) is 17.6. The summed E-state index contributed by atoms with van der Waals surface area (Å²) in [5.41, 5.74) is 1.36. The number of aromatic nitrogens is 2. The third-order valence-electron chi connectivity index (χ3n) is 2.58. The quantitative estimate of drug-likeness (QED) is 0.566. The summed E-state index contributed by atoms with van der Waals surface area (Å²) in [4.78, 5) is 29.9. The van der Waals surface area contributed by atoms with Crippen LogP contribution in [0.25, 0.3) is 11.1 Å². The van der Waals surface area contributed by atoms with E-state index in [9.17, 15) is 9.59 Å². The highest BCUT2D eigenvalue weighted by molar-refractivity contribution is 8.00. The van der Waals surface area contributed by atoms with Crippen molar-refractivity contribution in [2.75, 3.05) is 11.5 Å². The van der Waals surface area contributed by atoms with Crippen LogP contribution in [0.15, 0.2) is 40.6 Å². The van der Waals surface area contributed by atoms with E-state index < -0.39 is 11.9 Å². The van der Waals surface area contributed by atoms with Crippen molar-refractivity contribution in [3.63, 3.8) is 0 Å². The van der Waals surface area contributed by atoms with Gasteiger partial charge in [0.2, 0.25) is 0 Å². The molecule has 1 heterocycles. The highest BCUT2D eigenvalue weighted by atomic mass is 35.5. The van der Waals surface area contributed by atoms with Crippen molar-refractivity contribution in [3.05, 3.63) is 35.6 Å². The predicted molar refractivity (Wildman–Crippen MR) is 89.2 cm³/mol. The van der Waals surface area contributed by atoms with Crippen LogP contribution in [0.2, 0.25) is 5.02 Å². The Bertz CT molecular complexity index is 689. The van der Waals surface area contributed by atoms with Crippen molar-refractivity contribution in [2.24, 2.45) is 0 Å². The summed E-state index contributed by atoms with van der Waals surface area (Å²) in [7, 11) is 0. The summed E-state index contributed by atoms with van der Waals surface area (Å²) < 4.78 is 0. The first-order chi connectivity index (χ1) is 11.0. The zero-order chi connectivity index (χ0) is 16.8. The van der Waals surface area contributed by atoms with Crippen LogP contribution in [0.3, 0.4) is 0 Å². The van der Waals surface area contributed by atoms with Gasteiger partial charge in [0, 0.05) is 10.6 Å². The second-order valence-electron chi connectivity index (χ2n) is 4.23. The molecule has 6 nitrogen and oxygen atoms in total. The summed E-state index contributed by atoms with van der Waals surface area (Å²) in [5, 5.41) is 19.2. The predicted octanol–water partition coefficient (Wildman–Crippen LogP) is 3.15. The first-order valence-corrected chi connectivity index (χ1v) is 8.62. The smallest absolute Gasteiger partial charge is 0.313 e. The van der Waals surface area contributed by atoms with Gasteiger partial charge in [-0.1, -0.05) is 47.3 Å². The molecule has 2 aromatic rings. The van der Waals surface area contributed by atoms with Crippen LogP contribution in [-0.2, 0) is 9.59 Å². The van der Waals surface area contributed by atoms with Crippen LogP contribution in [0, 0.1) is 0 Å². The fourth-order valence-electron chi connectivity index (χ4n) is 1.70. The molecular formula is C14H11ClN2O4S2. The Morgan fingerprint density at radius 2 is 1.43 bits per heavy atom. The van der Waals surface area contributed by atoms with E-state index in [0.717, 1.165) is 29.1 Å². The van der Waals surface area contributed by atoms with E-state index in [1.165, 1.54) is 6.33 Å². The Hall–Kier alpha value is -1.77. The van der Waals surface area contributed by atoms with E-state index in [0.29, 0.717) is 20.6 Å². The topological polar surface area (TPSA) is 100 Å². The van der Waals surface area contributed by atoms with E-state index in [1.807, 2.05) is 0 Å².